The van der Waals surface area contributed by atoms with Crippen molar-refractivity contribution in [3.05, 3.63) is 79.4 Å². The first-order valence-electron chi connectivity index (χ1n) is 6.66. The summed E-state index contributed by atoms with van der Waals surface area (Å²) in [6.45, 7) is 0. The van der Waals surface area contributed by atoms with Crippen LogP contribution in [0.2, 0.25) is 10.0 Å². The number of nitrogens with zero attached hydrogens (tertiary/aromatic N) is 2. The maximum absolute atomic E-state index is 11.9. The molecular formula is C16H8Cl2N2O4. The minimum absolute atomic E-state index is 0.0600. The maximum atomic E-state index is 11.9. The second kappa shape index (κ2) is 6.43. The minimum Gasteiger partial charge on any atom is -0.402 e. The molecule has 0 saturated carbocycles. The fourth-order valence-electron chi connectivity index (χ4n) is 2.02. The number of rotatable bonds is 3. The van der Waals surface area contributed by atoms with E-state index in [1.807, 2.05) is 0 Å². The lowest BCUT2D eigenvalue weighted by Gasteiger charge is -1.98. The normalized spacial score (nSPS) is 15.3. The lowest BCUT2D eigenvalue weighted by Crippen LogP contribution is -2.05. The van der Waals surface area contributed by atoms with Gasteiger partial charge in [-0.15, -0.1) is 0 Å². The van der Waals surface area contributed by atoms with Crippen molar-refractivity contribution in [1.82, 2.24) is 0 Å². The van der Waals surface area contributed by atoms with Crippen LogP contribution >= 0.6 is 23.2 Å². The highest BCUT2D eigenvalue weighted by molar-refractivity contribution is 6.42. The number of aliphatic imine (C=N–C) groups is 1. The molecule has 0 aliphatic carbocycles. The molecule has 0 fully saturated rings. The molecule has 0 radical (unpaired) electrons. The van der Waals surface area contributed by atoms with Gasteiger partial charge in [-0.05, 0) is 35.9 Å². The average Bonchev–Trinajstić information content (AvgIpc) is 2.92. The van der Waals surface area contributed by atoms with Crippen LogP contribution in [0.3, 0.4) is 0 Å². The molecule has 0 saturated heterocycles. The Bertz CT molecular complexity index is 905. The highest BCUT2D eigenvalue weighted by Gasteiger charge is 2.24. The van der Waals surface area contributed by atoms with Crippen LogP contribution in [0.5, 0.6) is 0 Å². The summed E-state index contributed by atoms with van der Waals surface area (Å²) in [4.78, 5) is 26.2. The predicted octanol–water partition coefficient (Wildman–Crippen LogP) is 4.25. The minimum atomic E-state index is -0.616. The molecule has 1 aliphatic heterocycles. The maximum Gasteiger partial charge on any atom is 0.363 e. The molecule has 1 heterocycles. The summed E-state index contributed by atoms with van der Waals surface area (Å²) in [7, 11) is 0. The molecule has 0 aromatic heterocycles. The molecule has 2 aromatic rings. The Morgan fingerprint density at radius 2 is 1.79 bits per heavy atom. The second-order valence-electron chi connectivity index (χ2n) is 4.81. The van der Waals surface area contributed by atoms with Crippen LogP contribution in [0.1, 0.15) is 11.1 Å². The number of hydrogen-bond acceptors (Lipinski definition) is 5. The molecule has 24 heavy (non-hydrogen) atoms. The Labute approximate surface area is 146 Å². The zero-order valence-electron chi connectivity index (χ0n) is 11.9. The van der Waals surface area contributed by atoms with E-state index in [0.29, 0.717) is 21.2 Å². The third kappa shape index (κ3) is 3.29. The van der Waals surface area contributed by atoms with Gasteiger partial charge in [0.15, 0.2) is 5.70 Å². The van der Waals surface area contributed by atoms with E-state index in [0.717, 1.165) is 0 Å². The summed E-state index contributed by atoms with van der Waals surface area (Å²) in [5.41, 5.74) is 1.15. The number of cyclic esters (lactones) is 1. The topological polar surface area (TPSA) is 81.8 Å². The third-order valence-corrected chi connectivity index (χ3v) is 3.93. The number of halogens is 2. The highest BCUT2D eigenvalue weighted by Crippen LogP contribution is 2.25. The second-order valence-corrected chi connectivity index (χ2v) is 5.63. The number of nitro benzene ring substituents is 1. The van der Waals surface area contributed by atoms with Gasteiger partial charge < -0.3 is 4.74 Å². The van der Waals surface area contributed by atoms with Gasteiger partial charge >= 0.3 is 5.97 Å². The molecule has 0 amide bonds. The van der Waals surface area contributed by atoms with Crippen LogP contribution in [0.15, 0.2) is 53.2 Å². The largest absolute Gasteiger partial charge is 0.402 e. The lowest BCUT2D eigenvalue weighted by atomic mass is 10.2. The molecule has 8 heteroatoms. The molecule has 6 nitrogen and oxygen atoms in total. The van der Waals surface area contributed by atoms with Gasteiger partial charge in [-0.25, -0.2) is 9.79 Å². The van der Waals surface area contributed by atoms with E-state index in [1.165, 1.54) is 30.3 Å². The van der Waals surface area contributed by atoms with Crippen molar-refractivity contribution in [3.63, 3.8) is 0 Å². The Morgan fingerprint density at radius 1 is 1.08 bits per heavy atom. The number of non-ortho nitro benzene ring substituents is 1. The summed E-state index contributed by atoms with van der Waals surface area (Å²) in [6.07, 6.45) is 1.52. The van der Waals surface area contributed by atoms with Crippen LogP contribution in [0.4, 0.5) is 5.69 Å². The predicted molar refractivity (Wildman–Crippen MR) is 90.2 cm³/mol. The first-order valence-corrected chi connectivity index (χ1v) is 7.42. The molecule has 0 N–H and O–H groups in total. The molecule has 2 aromatic carbocycles. The van der Waals surface area contributed by atoms with Crippen molar-refractivity contribution >= 4 is 46.8 Å². The number of hydrogen-bond donors (Lipinski definition) is 0. The Balaban J connectivity index is 1.90. The summed E-state index contributed by atoms with van der Waals surface area (Å²) in [6, 6.07) is 10.5. The van der Waals surface area contributed by atoms with Crippen LogP contribution in [-0.4, -0.2) is 16.8 Å². The smallest absolute Gasteiger partial charge is 0.363 e. The Hall–Kier alpha value is -2.70. The van der Waals surface area contributed by atoms with Crippen molar-refractivity contribution in [2.75, 3.05) is 0 Å². The van der Waals surface area contributed by atoms with Crippen LogP contribution in [0.25, 0.3) is 6.08 Å². The molecule has 120 valence electrons. The van der Waals surface area contributed by atoms with Crippen molar-refractivity contribution < 1.29 is 14.5 Å². The standard InChI is InChI=1S/C16H8Cl2N2O4/c17-12-6-1-9(7-13(12)18)8-14-16(21)24-15(19-14)10-2-4-11(5-3-10)20(22)23/h1-8H/b14-8+. The zero-order valence-corrected chi connectivity index (χ0v) is 13.4. The number of carbonyl (C=O) groups is 1. The summed E-state index contributed by atoms with van der Waals surface area (Å²) < 4.78 is 5.10. The van der Waals surface area contributed by atoms with Gasteiger partial charge in [0.05, 0.1) is 15.0 Å². The number of benzene rings is 2. The monoisotopic (exact) mass is 362 g/mol. The number of carbonyl (C=O) groups excluding carboxylic acids is 1. The van der Waals surface area contributed by atoms with Crippen LogP contribution in [-0.2, 0) is 9.53 Å². The van der Waals surface area contributed by atoms with Gasteiger partial charge in [0.2, 0.25) is 5.90 Å². The van der Waals surface area contributed by atoms with Gasteiger partial charge in [0.1, 0.15) is 0 Å². The SMILES string of the molecule is O=C1OC(c2ccc([N+](=O)[O-])cc2)=N/C1=C/c1ccc(Cl)c(Cl)c1. The Morgan fingerprint density at radius 3 is 2.42 bits per heavy atom. The molecular weight excluding hydrogens is 355 g/mol. The summed E-state index contributed by atoms with van der Waals surface area (Å²) >= 11 is 11.8. The van der Waals surface area contributed by atoms with E-state index < -0.39 is 10.9 Å². The number of ether oxygens (including phenoxy) is 1. The molecule has 1 aliphatic rings. The zero-order chi connectivity index (χ0) is 17.3. The fraction of sp³-hybridized carbons (Fsp3) is 0. The Kier molecular flexibility index (Phi) is 4.33. The van der Waals surface area contributed by atoms with E-state index in [1.54, 1.807) is 18.2 Å². The average molecular weight is 363 g/mol. The van der Waals surface area contributed by atoms with E-state index in [9.17, 15) is 14.9 Å². The van der Waals surface area contributed by atoms with Gasteiger partial charge in [-0.3, -0.25) is 10.1 Å². The van der Waals surface area contributed by atoms with Crippen LogP contribution in [0, 0.1) is 10.1 Å². The molecule has 0 atom stereocenters. The summed E-state index contributed by atoms with van der Waals surface area (Å²) in [5, 5.41) is 11.4. The van der Waals surface area contributed by atoms with Crippen molar-refractivity contribution in [2.45, 2.75) is 0 Å². The van der Waals surface area contributed by atoms with Crippen molar-refractivity contribution in [3.8, 4) is 0 Å². The van der Waals surface area contributed by atoms with Gasteiger partial charge in [0, 0.05) is 17.7 Å². The van der Waals surface area contributed by atoms with E-state index in [4.69, 9.17) is 27.9 Å². The molecule has 3 rings (SSSR count). The molecule has 0 spiro atoms. The first-order chi connectivity index (χ1) is 11.4. The highest BCUT2D eigenvalue weighted by atomic mass is 35.5. The molecule has 0 unspecified atom stereocenters. The van der Waals surface area contributed by atoms with Crippen molar-refractivity contribution in [1.29, 1.82) is 0 Å². The lowest BCUT2D eigenvalue weighted by molar-refractivity contribution is -0.384. The molecule has 0 bridgehead atoms. The summed E-state index contributed by atoms with van der Waals surface area (Å²) in [5.74, 6) is -0.532. The first kappa shape index (κ1) is 16.2. The van der Waals surface area contributed by atoms with Crippen LogP contribution < -0.4 is 0 Å². The fourth-order valence-corrected chi connectivity index (χ4v) is 2.32. The van der Waals surface area contributed by atoms with Gasteiger partial charge in [-0.2, -0.15) is 0 Å². The van der Waals surface area contributed by atoms with E-state index >= 15 is 0 Å². The van der Waals surface area contributed by atoms with Crippen molar-refractivity contribution in [2.24, 2.45) is 4.99 Å². The number of nitro groups is 1. The third-order valence-electron chi connectivity index (χ3n) is 3.19. The van der Waals surface area contributed by atoms with E-state index in [2.05, 4.69) is 4.99 Å². The number of esters is 1. The quantitative estimate of drug-likeness (QED) is 0.353. The van der Waals surface area contributed by atoms with Gasteiger partial charge in [0.25, 0.3) is 5.69 Å². The van der Waals surface area contributed by atoms with Gasteiger partial charge in [-0.1, -0.05) is 29.3 Å². The van der Waals surface area contributed by atoms with E-state index in [-0.39, 0.29) is 17.3 Å².